The van der Waals surface area contributed by atoms with Crippen LogP contribution in [0.3, 0.4) is 0 Å². The molecule has 2 atom stereocenters. The quantitative estimate of drug-likeness (QED) is 0.466. The van der Waals surface area contributed by atoms with Crippen LogP contribution in [0, 0.1) is 11.3 Å². The number of ether oxygens (including phenoxy) is 1. The van der Waals surface area contributed by atoms with E-state index >= 15 is 0 Å². The molecule has 6 heterocycles. The highest BCUT2D eigenvalue weighted by atomic mass is 16.5. The fraction of sp³-hybridized carbons (Fsp3) is 0.562. The van der Waals surface area contributed by atoms with Crippen molar-refractivity contribution in [1.29, 1.82) is 5.26 Å². The first-order valence-electron chi connectivity index (χ1n) is 15.3. The number of nitriles is 1. The average Bonchev–Trinajstić information content (AvgIpc) is 3.43. The van der Waals surface area contributed by atoms with Crippen LogP contribution in [0.5, 0.6) is 5.88 Å². The Morgan fingerprint density at radius 1 is 1.10 bits per heavy atom. The minimum Gasteiger partial charge on any atom is -0.476 e. The van der Waals surface area contributed by atoms with Crippen LogP contribution in [0.4, 0.5) is 17.1 Å². The van der Waals surface area contributed by atoms with Crippen molar-refractivity contribution in [3.05, 3.63) is 47.9 Å². The molecular weight excluding hydrogens is 528 g/mol. The van der Waals surface area contributed by atoms with Gasteiger partial charge in [-0.25, -0.2) is 4.98 Å². The topological polar surface area (TPSA) is 92.1 Å². The molecular formula is C32H42N8O2. The van der Waals surface area contributed by atoms with E-state index < -0.39 is 0 Å². The number of amides is 1. The summed E-state index contributed by atoms with van der Waals surface area (Å²) in [7, 11) is 4.34. The number of aromatic nitrogens is 2. The first kappa shape index (κ1) is 28.3. The maximum absolute atomic E-state index is 12.5. The molecule has 0 unspecified atom stereocenters. The molecule has 0 spiro atoms. The number of hydrogen-bond donors (Lipinski definition) is 0. The van der Waals surface area contributed by atoms with Crippen molar-refractivity contribution in [2.45, 2.75) is 57.2 Å². The number of aryl methyl sites for hydroxylation is 1. The van der Waals surface area contributed by atoms with Gasteiger partial charge in [-0.15, -0.1) is 0 Å². The minimum atomic E-state index is -0.188. The second kappa shape index (κ2) is 12.2. The van der Waals surface area contributed by atoms with Crippen molar-refractivity contribution in [3.8, 4) is 11.9 Å². The normalized spacial score (nSPS) is 22.4. The van der Waals surface area contributed by atoms with Crippen LogP contribution in [0.1, 0.15) is 42.5 Å². The number of fused-ring (bicyclic) bond motifs is 2. The molecule has 4 aliphatic heterocycles. The number of carbonyl (C=O) groups excluding carboxylic acids is 1. The Balaban J connectivity index is 1.32. The number of likely N-dealkylation sites (N-methyl/N-ethyl adjacent to an activating group) is 1. The Morgan fingerprint density at radius 3 is 2.76 bits per heavy atom. The fourth-order valence-corrected chi connectivity index (χ4v) is 7.15. The predicted molar refractivity (Wildman–Crippen MR) is 164 cm³/mol. The predicted octanol–water partition coefficient (Wildman–Crippen LogP) is 3.01. The third-order valence-corrected chi connectivity index (χ3v) is 9.47. The summed E-state index contributed by atoms with van der Waals surface area (Å²) >= 11 is 0. The Hall–Kier alpha value is -3.84. The second-order valence-corrected chi connectivity index (χ2v) is 12.1. The van der Waals surface area contributed by atoms with Gasteiger partial charge in [-0.2, -0.15) is 5.26 Å². The molecule has 0 aromatic carbocycles. The molecule has 10 heteroatoms. The van der Waals surface area contributed by atoms with Crippen LogP contribution in [0.25, 0.3) is 0 Å². The number of pyridine rings is 2. The number of nitrogens with zero attached hydrogens (tertiary/aromatic N) is 8. The summed E-state index contributed by atoms with van der Waals surface area (Å²) in [5, 5.41) is 9.54. The lowest BCUT2D eigenvalue weighted by molar-refractivity contribution is -0.128. The van der Waals surface area contributed by atoms with E-state index in [-0.39, 0.29) is 18.4 Å². The van der Waals surface area contributed by atoms with Gasteiger partial charge in [-0.05, 0) is 57.3 Å². The number of hydrogen-bond acceptors (Lipinski definition) is 9. The van der Waals surface area contributed by atoms with Crippen molar-refractivity contribution >= 4 is 23.0 Å². The zero-order chi connectivity index (χ0) is 29.2. The number of likely N-dealkylation sites (tertiary alicyclic amines) is 1. The summed E-state index contributed by atoms with van der Waals surface area (Å²) in [6.07, 6.45) is 11.1. The van der Waals surface area contributed by atoms with Crippen molar-refractivity contribution < 1.29 is 9.53 Å². The van der Waals surface area contributed by atoms with Crippen LogP contribution in [0.15, 0.2) is 31.1 Å². The van der Waals surface area contributed by atoms with Gasteiger partial charge < -0.3 is 29.2 Å². The summed E-state index contributed by atoms with van der Waals surface area (Å²) < 4.78 is 6.41. The first-order valence-corrected chi connectivity index (χ1v) is 15.3. The molecule has 1 amide bonds. The maximum Gasteiger partial charge on any atom is 0.246 e. The Labute approximate surface area is 249 Å². The highest BCUT2D eigenvalue weighted by Crippen LogP contribution is 2.39. The Morgan fingerprint density at radius 2 is 1.98 bits per heavy atom. The number of carbonyl (C=O) groups is 1. The van der Waals surface area contributed by atoms with Gasteiger partial charge in [-0.1, -0.05) is 6.58 Å². The van der Waals surface area contributed by atoms with E-state index in [4.69, 9.17) is 9.72 Å². The molecule has 0 bridgehead atoms. The standard InChI is InChI=1S/C32H42N8O2/c1-4-31(41)40-16-15-39(20-24(40)9-11-33)28-17-30(42-22-25-8-6-12-36(25)2)35-27-21-38(14-10-26(27)28)29-19-34-18-23-7-5-13-37(3)32(23)29/h4,17-19,24-25H,1,5-10,12-16,20-22H2,2-3H3/t24-,25-/m0/s1. The van der Waals surface area contributed by atoms with Crippen LogP contribution in [-0.2, 0) is 24.2 Å². The van der Waals surface area contributed by atoms with Crippen LogP contribution in [0.2, 0.25) is 0 Å². The maximum atomic E-state index is 12.5. The van der Waals surface area contributed by atoms with E-state index in [9.17, 15) is 10.1 Å². The second-order valence-electron chi connectivity index (χ2n) is 12.1. The summed E-state index contributed by atoms with van der Waals surface area (Å²) in [4.78, 5) is 33.5. The van der Waals surface area contributed by atoms with E-state index in [0.29, 0.717) is 44.7 Å². The molecule has 2 aromatic heterocycles. The summed E-state index contributed by atoms with van der Waals surface area (Å²) in [6.45, 7) is 9.83. The Kier molecular flexibility index (Phi) is 8.20. The van der Waals surface area contributed by atoms with E-state index in [2.05, 4.69) is 57.4 Å². The molecule has 42 heavy (non-hydrogen) atoms. The lowest BCUT2D eigenvalue weighted by Crippen LogP contribution is -2.55. The van der Waals surface area contributed by atoms with Gasteiger partial charge in [0.05, 0.1) is 48.3 Å². The van der Waals surface area contributed by atoms with E-state index in [1.165, 1.54) is 35.0 Å². The largest absolute Gasteiger partial charge is 0.476 e. The molecule has 0 N–H and O–H groups in total. The monoisotopic (exact) mass is 570 g/mol. The van der Waals surface area contributed by atoms with Crippen molar-refractivity contribution in [3.63, 3.8) is 0 Å². The van der Waals surface area contributed by atoms with Gasteiger partial charge in [0.25, 0.3) is 0 Å². The average molecular weight is 571 g/mol. The molecule has 10 nitrogen and oxygen atoms in total. The third-order valence-electron chi connectivity index (χ3n) is 9.47. The smallest absolute Gasteiger partial charge is 0.246 e. The summed E-state index contributed by atoms with van der Waals surface area (Å²) in [6, 6.07) is 4.59. The molecule has 222 valence electrons. The van der Waals surface area contributed by atoms with Crippen molar-refractivity contribution in [2.24, 2.45) is 0 Å². The molecule has 2 fully saturated rings. The van der Waals surface area contributed by atoms with Gasteiger partial charge in [-0.3, -0.25) is 9.78 Å². The van der Waals surface area contributed by atoms with Crippen molar-refractivity contribution in [2.75, 3.05) is 74.7 Å². The molecule has 2 aromatic rings. The third kappa shape index (κ3) is 5.50. The SMILES string of the molecule is C=CC(=O)N1CCN(c2cc(OC[C@@H]3CCCN3C)nc3c2CCN(c2cncc4c2N(C)CCC4)C3)C[C@@H]1CC#N. The lowest BCUT2D eigenvalue weighted by Gasteiger charge is -2.43. The summed E-state index contributed by atoms with van der Waals surface area (Å²) in [5.74, 6) is 0.537. The van der Waals surface area contributed by atoms with Crippen LogP contribution in [-0.4, -0.2) is 97.7 Å². The molecule has 0 saturated carbocycles. The molecule has 2 saturated heterocycles. The van der Waals surface area contributed by atoms with Gasteiger partial charge in [0.15, 0.2) is 0 Å². The van der Waals surface area contributed by atoms with E-state index in [0.717, 1.165) is 56.7 Å². The lowest BCUT2D eigenvalue weighted by atomic mass is 9.98. The molecule has 0 radical (unpaired) electrons. The van der Waals surface area contributed by atoms with Crippen LogP contribution < -0.4 is 19.4 Å². The molecule has 0 aliphatic carbocycles. The Bertz CT molecular complexity index is 1370. The van der Waals surface area contributed by atoms with Gasteiger partial charge in [0.2, 0.25) is 11.8 Å². The van der Waals surface area contributed by atoms with Crippen molar-refractivity contribution in [1.82, 2.24) is 19.8 Å². The van der Waals surface area contributed by atoms with E-state index in [1.54, 1.807) is 4.90 Å². The van der Waals surface area contributed by atoms with Gasteiger partial charge >= 0.3 is 0 Å². The zero-order valence-electron chi connectivity index (χ0n) is 25.0. The fourth-order valence-electron chi connectivity index (χ4n) is 7.15. The highest BCUT2D eigenvalue weighted by molar-refractivity contribution is 5.87. The van der Waals surface area contributed by atoms with Crippen LogP contribution >= 0.6 is 0 Å². The zero-order valence-corrected chi connectivity index (χ0v) is 25.0. The first-order chi connectivity index (χ1) is 20.5. The highest BCUT2D eigenvalue weighted by Gasteiger charge is 2.33. The minimum absolute atomic E-state index is 0.114. The molecule has 6 rings (SSSR count). The molecule has 4 aliphatic rings. The number of rotatable bonds is 7. The number of piperazine rings is 1. The number of anilines is 3. The van der Waals surface area contributed by atoms with E-state index in [1.807, 2.05) is 12.4 Å². The van der Waals surface area contributed by atoms with Gasteiger partial charge in [0.1, 0.15) is 6.61 Å². The summed E-state index contributed by atoms with van der Waals surface area (Å²) in [5.41, 5.74) is 7.17. The van der Waals surface area contributed by atoms with Gasteiger partial charge in [0, 0.05) is 69.3 Å².